The van der Waals surface area contributed by atoms with Gasteiger partial charge in [-0.15, -0.1) is 0 Å². The molecule has 2 atom stereocenters. The number of hydrogen-bond acceptors (Lipinski definition) is 6. The zero-order chi connectivity index (χ0) is 18.7. The quantitative estimate of drug-likeness (QED) is 0.661. The molecule has 1 fully saturated rings. The van der Waals surface area contributed by atoms with Gasteiger partial charge in [0.25, 0.3) is 0 Å². The van der Waals surface area contributed by atoms with E-state index in [0.717, 1.165) is 0 Å². The third-order valence-corrected chi connectivity index (χ3v) is 3.99. The van der Waals surface area contributed by atoms with Crippen molar-refractivity contribution in [3.63, 3.8) is 0 Å². The van der Waals surface area contributed by atoms with E-state index in [1.54, 1.807) is 45.0 Å². The molecule has 1 N–H and O–H groups in total. The number of nitrogens with zero attached hydrogens (tertiary/aromatic N) is 1. The number of carbonyl (C=O) groups excluding carboxylic acids is 2. The molecule has 0 aromatic heterocycles. The molecule has 25 heavy (non-hydrogen) atoms. The predicted octanol–water partition coefficient (Wildman–Crippen LogP) is 2.33. The highest BCUT2D eigenvalue weighted by molar-refractivity contribution is 5.89. The lowest BCUT2D eigenvalue weighted by Crippen LogP contribution is -2.55. The van der Waals surface area contributed by atoms with Gasteiger partial charge in [-0.1, -0.05) is 0 Å². The number of carbonyl (C=O) groups is 2. The third kappa shape index (κ3) is 4.93. The molecule has 138 valence electrons. The second kappa shape index (κ2) is 7.41. The fourth-order valence-corrected chi connectivity index (χ4v) is 2.68. The van der Waals surface area contributed by atoms with E-state index >= 15 is 0 Å². The van der Waals surface area contributed by atoms with Crippen LogP contribution in [0.15, 0.2) is 24.3 Å². The Labute approximate surface area is 147 Å². The van der Waals surface area contributed by atoms with Gasteiger partial charge in [0.2, 0.25) is 6.73 Å². The number of benzene rings is 1. The van der Waals surface area contributed by atoms with Crippen molar-refractivity contribution >= 4 is 12.1 Å². The second-order valence-electron chi connectivity index (χ2n) is 7.26. The van der Waals surface area contributed by atoms with Crippen LogP contribution in [0, 0.1) is 0 Å². The zero-order valence-corrected chi connectivity index (χ0v) is 15.2. The van der Waals surface area contributed by atoms with Crippen molar-refractivity contribution in [3.8, 4) is 5.75 Å². The maximum Gasteiger partial charge on any atom is 0.519 e. The molecule has 1 aromatic carbocycles. The lowest BCUT2D eigenvalue weighted by molar-refractivity contribution is -0.863. The number of ether oxygens (including phenoxy) is 3. The number of amides is 1. The first-order chi connectivity index (χ1) is 11.6. The van der Waals surface area contributed by atoms with Gasteiger partial charge in [0.15, 0.2) is 0 Å². The molecule has 7 heteroatoms. The van der Waals surface area contributed by atoms with Gasteiger partial charge in [0.1, 0.15) is 24.0 Å². The Bertz CT molecular complexity index is 621. The van der Waals surface area contributed by atoms with Crippen LogP contribution in [0.2, 0.25) is 0 Å². The van der Waals surface area contributed by atoms with Gasteiger partial charge in [-0.25, -0.2) is 4.79 Å². The van der Waals surface area contributed by atoms with Gasteiger partial charge in [-0.3, -0.25) is 0 Å². The largest absolute Gasteiger partial charge is 0.519 e. The highest BCUT2D eigenvalue weighted by atomic mass is 16.6. The molecule has 1 heterocycles. The van der Waals surface area contributed by atoms with Crippen LogP contribution in [0.25, 0.3) is 0 Å². The summed E-state index contributed by atoms with van der Waals surface area (Å²) in [7, 11) is 1.32. The van der Waals surface area contributed by atoms with E-state index in [1.807, 2.05) is 0 Å². The van der Waals surface area contributed by atoms with Gasteiger partial charge in [0, 0.05) is 6.42 Å². The summed E-state index contributed by atoms with van der Waals surface area (Å²) < 4.78 is 15.8. The average Bonchev–Trinajstić information content (AvgIpc) is 2.94. The number of quaternary nitrogens is 1. The number of esters is 1. The van der Waals surface area contributed by atoms with Crippen LogP contribution in [0.1, 0.15) is 37.6 Å². The molecule has 0 spiro atoms. The van der Waals surface area contributed by atoms with E-state index in [0.29, 0.717) is 24.3 Å². The van der Waals surface area contributed by atoms with Crippen molar-refractivity contribution < 1.29 is 33.4 Å². The molecule has 0 aliphatic carbocycles. The third-order valence-electron chi connectivity index (χ3n) is 3.99. The van der Waals surface area contributed by atoms with Crippen molar-refractivity contribution in [2.45, 2.75) is 38.9 Å². The van der Waals surface area contributed by atoms with Gasteiger partial charge in [-0.05, 0) is 45.0 Å². The summed E-state index contributed by atoms with van der Waals surface area (Å²) in [5.74, 6) is 0.0987. The molecule has 0 saturated carbocycles. The first-order valence-corrected chi connectivity index (χ1v) is 8.24. The standard InChI is InChI=1S/C18H26NO6/c1-18(2,3)25-17(22)19(10-9-14(20)11-19)12-24-15-7-5-13(6-8-15)16(21)23-4/h5-8,14,20H,9-12H2,1-4H3/q+1. The Morgan fingerprint density at radius 1 is 1.24 bits per heavy atom. The minimum Gasteiger partial charge on any atom is -0.465 e. The maximum absolute atomic E-state index is 12.6. The first-order valence-electron chi connectivity index (χ1n) is 8.24. The summed E-state index contributed by atoms with van der Waals surface area (Å²) in [6, 6.07) is 6.48. The van der Waals surface area contributed by atoms with Crippen molar-refractivity contribution in [1.29, 1.82) is 0 Å². The van der Waals surface area contributed by atoms with E-state index < -0.39 is 23.8 Å². The molecular formula is C18H26NO6+. The molecule has 7 nitrogen and oxygen atoms in total. The van der Waals surface area contributed by atoms with Crippen molar-refractivity contribution in [2.24, 2.45) is 0 Å². The van der Waals surface area contributed by atoms with E-state index in [1.165, 1.54) is 7.11 Å². The highest BCUT2D eigenvalue weighted by Crippen LogP contribution is 2.25. The summed E-state index contributed by atoms with van der Waals surface area (Å²) in [5.41, 5.74) is -0.194. The molecule has 1 amide bonds. The Balaban J connectivity index is 2.08. The first kappa shape index (κ1) is 19.2. The predicted molar refractivity (Wildman–Crippen MR) is 90.1 cm³/mol. The molecular weight excluding hydrogens is 326 g/mol. The topological polar surface area (TPSA) is 82.1 Å². The summed E-state index contributed by atoms with van der Waals surface area (Å²) in [5, 5.41) is 9.90. The summed E-state index contributed by atoms with van der Waals surface area (Å²) >= 11 is 0. The number of methoxy groups -OCH3 is 1. The lowest BCUT2D eigenvalue weighted by atomic mass is 10.2. The molecule has 2 rings (SSSR count). The maximum atomic E-state index is 12.6. The number of aliphatic hydroxyl groups excluding tert-OH is 1. The van der Waals surface area contributed by atoms with E-state index in [9.17, 15) is 14.7 Å². The van der Waals surface area contributed by atoms with Crippen LogP contribution in [-0.4, -0.2) is 60.3 Å². The number of hydrogen-bond donors (Lipinski definition) is 1. The van der Waals surface area contributed by atoms with Crippen molar-refractivity contribution in [1.82, 2.24) is 0 Å². The Kier molecular flexibility index (Phi) is 5.69. The van der Waals surface area contributed by atoms with Crippen molar-refractivity contribution in [2.75, 3.05) is 26.9 Å². The monoisotopic (exact) mass is 352 g/mol. The van der Waals surface area contributed by atoms with Gasteiger partial charge < -0.3 is 19.3 Å². The normalized spacial score (nSPS) is 23.2. The molecule has 1 aromatic rings. The number of rotatable bonds is 4. The van der Waals surface area contributed by atoms with Crippen LogP contribution >= 0.6 is 0 Å². The zero-order valence-electron chi connectivity index (χ0n) is 15.2. The molecule has 1 aliphatic rings. The Morgan fingerprint density at radius 3 is 2.36 bits per heavy atom. The van der Waals surface area contributed by atoms with E-state index in [2.05, 4.69) is 4.74 Å². The SMILES string of the molecule is COC(=O)c1ccc(OC[N+]2(C(=O)OC(C)(C)C)CCC(O)C2)cc1. The Morgan fingerprint density at radius 2 is 1.88 bits per heavy atom. The molecule has 1 saturated heterocycles. The fraction of sp³-hybridized carbons (Fsp3) is 0.556. The summed E-state index contributed by atoms with van der Waals surface area (Å²) in [6.45, 7) is 6.19. The van der Waals surface area contributed by atoms with Gasteiger partial charge in [-0.2, -0.15) is 9.28 Å². The Hall–Kier alpha value is -2.12. The van der Waals surface area contributed by atoms with Crippen LogP contribution in [-0.2, 0) is 9.47 Å². The lowest BCUT2D eigenvalue weighted by Gasteiger charge is -2.32. The van der Waals surface area contributed by atoms with Crippen LogP contribution in [0.3, 0.4) is 0 Å². The summed E-state index contributed by atoms with van der Waals surface area (Å²) in [6.07, 6.45) is -0.447. The van der Waals surface area contributed by atoms with Crippen LogP contribution in [0.5, 0.6) is 5.75 Å². The van der Waals surface area contributed by atoms with Crippen LogP contribution in [0.4, 0.5) is 4.79 Å². The molecule has 0 bridgehead atoms. The molecule has 0 radical (unpaired) electrons. The van der Waals surface area contributed by atoms with Crippen LogP contribution < -0.4 is 4.74 Å². The minimum absolute atomic E-state index is 0.0591. The minimum atomic E-state index is -0.613. The molecule has 1 aliphatic heterocycles. The van der Waals surface area contributed by atoms with Gasteiger partial charge >= 0.3 is 12.1 Å². The second-order valence-corrected chi connectivity index (χ2v) is 7.26. The number of aliphatic hydroxyl groups is 1. The van der Waals surface area contributed by atoms with Gasteiger partial charge in [0.05, 0.1) is 19.2 Å². The summed E-state index contributed by atoms with van der Waals surface area (Å²) in [4.78, 5) is 24.1. The smallest absolute Gasteiger partial charge is 0.465 e. The average molecular weight is 352 g/mol. The van der Waals surface area contributed by atoms with E-state index in [-0.39, 0.29) is 17.8 Å². The van der Waals surface area contributed by atoms with Crippen molar-refractivity contribution in [3.05, 3.63) is 29.8 Å². The van der Waals surface area contributed by atoms with E-state index in [4.69, 9.17) is 9.47 Å². The molecule has 2 unspecified atom stereocenters. The highest BCUT2D eigenvalue weighted by Gasteiger charge is 2.48. The number of likely N-dealkylation sites (tertiary alicyclic amines) is 1. The fourth-order valence-electron chi connectivity index (χ4n) is 2.68.